The molecule has 3 nitrogen and oxygen atoms in total. The maximum Gasteiger partial charge on any atom is 0.310 e. The first-order chi connectivity index (χ1) is 6.02. The Hall–Kier alpha value is -1.22. The molecule has 1 unspecified atom stereocenters. The topological polar surface area (TPSA) is 57.5 Å². The predicted molar refractivity (Wildman–Crippen MR) is 49.2 cm³/mol. The van der Waals surface area contributed by atoms with Crippen molar-refractivity contribution in [2.45, 2.75) is 12.8 Å². The van der Waals surface area contributed by atoms with Gasteiger partial charge in [-0.2, -0.15) is 0 Å². The Morgan fingerprint density at radius 3 is 2.62 bits per heavy atom. The van der Waals surface area contributed by atoms with Crippen molar-refractivity contribution in [1.82, 2.24) is 0 Å². The van der Waals surface area contributed by atoms with Gasteiger partial charge in [-0.25, -0.2) is 0 Å². The van der Waals surface area contributed by atoms with Crippen molar-refractivity contribution in [3.63, 3.8) is 0 Å². The average molecular weight is 201 g/mol. The van der Waals surface area contributed by atoms with Crippen molar-refractivity contribution in [3.05, 3.63) is 28.8 Å². The number of halogens is 1. The standard InChI is InChI=1S/C9H9ClO3/c1-5(9(12)13)7-3-2-6(10)4-8(7)11/h2-5,11H,1H3,(H,12,13). The van der Waals surface area contributed by atoms with Crippen molar-refractivity contribution in [2.75, 3.05) is 0 Å². The van der Waals surface area contributed by atoms with Crippen molar-refractivity contribution < 1.29 is 15.0 Å². The lowest BCUT2D eigenvalue weighted by Crippen LogP contribution is -2.07. The highest BCUT2D eigenvalue weighted by atomic mass is 35.5. The van der Waals surface area contributed by atoms with Crippen molar-refractivity contribution in [1.29, 1.82) is 0 Å². The third kappa shape index (κ3) is 2.12. The first kappa shape index (κ1) is 9.86. The van der Waals surface area contributed by atoms with Crippen LogP contribution in [-0.2, 0) is 4.79 Å². The van der Waals surface area contributed by atoms with E-state index in [2.05, 4.69) is 0 Å². The lowest BCUT2D eigenvalue weighted by Gasteiger charge is -2.08. The number of hydrogen-bond donors (Lipinski definition) is 2. The summed E-state index contributed by atoms with van der Waals surface area (Å²) in [4.78, 5) is 10.6. The van der Waals surface area contributed by atoms with Crippen LogP contribution in [0.25, 0.3) is 0 Å². The molecule has 0 saturated heterocycles. The number of benzene rings is 1. The monoisotopic (exact) mass is 200 g/mol. The number of aliphatic carboxylic acids is 1. The van der Waals surface area contributed by atoms with Gasteiger partial charge in [0.2, 0.25) is 0 Å². The molecule has 4 heteroatoms. The van der Waals surface area contributed by atoms with Gasteiger partial charge in [-0.3, -0.25) is 4.79 Å². The quantitative estimate of drug-likeness (QED) is 0.770. The van der Waals surface area contributed by atoms with Gasteiger partial charge in [0.15, 0.2) is 0 Å². The number of phenolic OH excluding ortho intramolecular Hbond substituents is 1. The number of phenols is 1. The van der Waals surface area contributed by atoms with Crippen molar-refractivity contribution in [3.8, 4) is 5.75 Å². The summed E-state index contributed by atoms with van der Waals surface area (Å²) in [5.74, 6) is -1.78. The largest absolute Gasteiger partial charge is 0.508 e. The second-order valence-electron chi connectivity index (χ2n) is 2.76. The number of carboxylic acids is 1. The van der Waals surface area contributed by atoms with Gasteiger partial charge in [0.05, 0.1) is 5.92 Å². The Morgan fingerprint density at radius 2 is 2.15 bits per heavy atom. The molecule has 13 heavy (non-hydrogen) atoms. The smallest absolute Gasteiger partial charge is 0.310 e. The molecule has 1 rings (SSSR count). The van der Waals surface area contributed by atoms with E-state index < -0.39 is 11.9 Å². The molecule has 0 spiro atoms. The molecule has 0 radical (unpaired) electrons. The molecule has 70 valence electrons. The molecule has 0 aromatic heterocycles. The minimum absolute atomic E-state index is 0.0811. The molecule has 2 N–H and O–H groups in total. The van der Waals surface area contributed by atoms with Gasteiger partial charge in [-0.05, 0) is 19.1 Å². The Morgan fingerprint density at radius 1 is 1.54 bits per heavy atom. The van der Waals surface area contributed by atoms with E-state index in [0.29, 0.717) is 10.6 Å². The molecule has 1 aromatic rings. The second-order valence-corrected chi connectivity index (χ2v) is 3.20. The van der Waals surface area contributed by atoms with Gasteiger partial charge in [0.1, 0.15) is 5.75 Å². The van der Waals surface area contributed by atoms with Crippen LogP contribution < -0.4 is 0 Å². The fourth-order valence-electron chi connectivity index (χ4n) is 1.02. The highest BCUT2D eigenvalue weighted by Gasteiger charge is 2.17. The van der Waals surface area contributed by atoms with Gasteiger partial charge in [-0.1, -0.05) is 17.7 Å². The molecular formula is C9H9ClO3. The van der Waals surface area contributed by atoms with Crippen molar-refractivity contribution in [2.24, 2.45) is 0 Å². The Kier molecular flexibility index (Phi) is 2.78. The minimum atomic E-state index is -0.974. The summed E-state index contributed by atoms with van der Waals surface area (Å²) in [5.41, 5.74) is 0.372. The van der Waals surface area contributed by atoms with E-state index in [1.54, 1.807) is 6.07 Å². The van der Waals surface area contributed by atoms with Crippen LogP contribution in [-0.4, -0.2) is 16.2 Å². The van der Waals surface area contributed by atoms with E-state index in [4.69, 9.17) is 16.7 Å². The third-order valence-corrected chi connectivity index (χ3v) is 2.06. The van der Waals surface area contributed by atoms with Crippen LogP contribution in [0.3, 0.4) is 0 Å². The summed E-state index contributed by atoms with van der Waals surface area (Å²) in [5, 5.41) is 18.4. The second kappa shape index (κ2) is 3.66. The number of carboxylic acid groups (broad SMARTS) is 1. The molecular weight excluding hydrogens is 192 g/mol. The lowest BCUT2D eigenvalue weighted by atomic mass is 10.0. The van der Waals surface area contributed by atoms with E-state index in [1.165, 1.54) is 19.1 Å². The summed E-state index contributed by atoms with van der Waals surface area (Å²) >= 11 is 5.59. The fourth-order valence-corrected chi connectivity index (χ4v) is 1.18. The van der Waals surface area contributed by atoms with Gasteiger partial charge in [0, 0.05) is 10.6 Å². The van der Waals surface area contributed by atoms with Gasteiger partial charge >= 0.3 is 5.97 Å². The highest BCUT2D eigenvalue weighted by Crippen LogP contribution is 2.28. The zero-order valence-corrected chi connectivity index (χ0v) is 7.75. The van der Waals surface area contributed by atoms with Crippen LogP contribution in [0.5, 0.6) is 5.75 Å². The highest BCUT2D eigenvalue weighted by molar-refractivity contribution is 6.30. The molecule has 0 fully saturated rings. The molecule has 0 amide bonds. The fraction of sp³-hybridized carbons (Fsp3) is 0.222. The summed E-state index contributed by atoms with van der Waals surface area (Å²) in [6.07, 6.45) is 0. The van der Waals surface area contributed by atoms with Crippen LogP contribution in [0.15, 0.2) is 18.2 Å². The van der Waals surface area contributed by atoms with Gasteiger partial charge < -0.3 is 10.2 Å². The summed E-state index contributed by atoms with van der Waals surface area (Å²) in [6.45, 7) is 1.51. The summed E-state index contributed by atoms with van der Waals surface area (Å²) < 4.78 is 0. The Balaban J connectivity index is 3.08. The van der Waals surface area contributed by atoms with Crippen molar-refractivity contribution >= 4 is 17.6 Å². The molecule has 0 heterocycles. The van der Waals surface area contributed by atoms with E-state index >= 15 is 0 Å². The number of rotatable bonds is 2. The first-order valence-corrected chi connectivity index (χ1v) is 4.11. The average Bonchev–Trinajstić information content (AvgIpc) is 2.03. The zero-order chi connectivity index (χ0) is 10.0. The van der Waals surface area contributed by atoms with Crippen LogP contribution in [0.4, 0.5) is 0 Å². The molecule has 1 aromatic carbocycles. The third-order valence-electron chi connectivity index (χ3n) is 1.83. The molecule has 0 aliphatic carbocycles. The van der Waals surface area contributed by atoms with Gasteiger partial charge in [-0.15, -0.1) is 0 Å². The number of carbonyl (C=O) groups is 1. The molecule has 0 aliphatic heterocycles. The normalized spacial score (nSPS) is 12.5. The lowest BCUT2D eigenvalue weighted by molar-refractivity contribution is -0.138. The minimum Gasteiger partial charge on any atom is -0.508 e. The maximum absolute atomic E-state index is 10.6. The van der Waals surface area contributed by atoms with Crippen LogP contribution in [0.2, 0.25) is 5.02 Å². The number of hydrogen-bond acceptors (Lipinski definition) is 2. The molecule has 0 saturated carbocycles. The van der Waals surface area contributed by atoms with E-state index in [1.807, 2.05) is 0 Å². The summed E-state index contributed by atoms with van der Waals surface area (Å²) in [7, 11) is 0. The van der Waals surface area contributed by atoms with E-state index in [-0.39, 0.29) is 5.75 Å². The number of aromatic hydroxyl groups is 1. The summed E-state index contributed by atoms with van der Waals surface area (Å²) in [6, 6.07) is 4.39. The Bertz CT molecular complexity index is 336. The van der Waals surface area contributed by atoms with Crippen LogP contribution >= 0.6 is 11.6 Å². The Labute approximate surface area is 80.6 Å². The van der Waals surface area contributed by atoms with Crippen LogP contribution in [0.1, 0.15) is 18.4 Å². The van der Waals surface area contributed by atoms with Gasteiger partial charge in [0.25, 0.3) is 0 Å². The molecule has 0 aliphatic rings. The van der Waals surface area contributed by atoms with E-state index in [9.17, 15) is 9.90 Å². The zero-order valence-electron chi connectivity index (χ0n) is 6.99. The maximum atomic E-state index is 10.6. The molecule has 1 atom stereocenters. The molecule has 0 bridgehead atoms. The van der Waals surface area contributed by atoms with Crippen LogP contribution in [0, 0.1) is 0 Å². The van der Waals surface area contributed by atoms with E-state index in [0.717, 1.165) is 0 Å². The first-order valence-electron chi connectivity index (χ1n) is 3.73. The predicted octanol–water partition coefficient (Wildman–Crippen LogP) is 2.23. The SMILES string of the molecule is CC(C(=O)O)c1ccc(Cl)cc1O.